The maximum Gasteiger partial charge on any atom is 0.328 e. The lowest BCUT2D eigenvalue weighted by molar-refractivity contribution is -0.145. The van der Waals surface area contributed by atoms with Crippen LogP contribution >= 0.6 is 0 Å². The zero-order valence-electron chi connectivity index (χ0n) is 22.8. The topological polar surface area (TPSA) is 111 Å². The molecule has 2 aromatic carbocycles. The first kappa shape index (κ1) is 28.7. The second-order valence-electron chi connectivity index (χ2n) is 9.99. The molecule has 3 aromatic rings. The number of likely N-dealkylation sites (tertiary alicyclic amines) is 1. The van der Waals surface area contributed by atoms with E-state index in [9.17, 15) is 14.4 Å². The minimum Gasteiger partial charge on any atom is -0.489 e. The van der Waals surface area contributed by atoms with Gasteiger partial charge < -0.3 is 19.7 Å². The van der Waals surface area contributed by atoms with Crippen molar-refractivity contribution in [1.29, 1.82) is 0 Å². The van der Waals surface area contributed by atoms with E-state index in [1.54, 1.807) is 18.6 Å². The number of nitrogens with zero attached hydrogens (tertiary/aromatic N) is 3. The molecule has 1 atom stereocenters. The number of methoxy groups -OCH3 is 1. The summed E-state index contributed by atoms with van der Waals surface area (Å²) in [6, 6.07) is 16.6. The Labute approximate surface area is 234 Å². The predicted octanol–water partition coefficient (Wildman–Crippen LogP) is 3.52. The molecule has 1 aliphatic heterocycles. The summed E-state index contributed by atoms with van der Waals surface area (Å²) in [4.78, 5) is 48.0. The molecule has 1 N–H and O–H groups in total. The number of aryl methyl sites for hydroxylation is 1. The molecule has 0 aliphatic carbocycles. The Hall–Kier alpha value is -4.27. The van der Waals surface area contributed by atoms with E-state index in [4.69, 9.17) is 9.47 Å². The summed E-state index contributed by atoms with van der Waals surface area (Å²) in [5, 5.41) is 2.86. The standard InChI is InChI=1S/C31H36N4O5/c1-39-31(38)28(19-23-7-10-27(11-8-23)40-22-25-5-3-2-4-6-25)34-29(36)20-24-13-17-35(18-14-24)30(37)12-9-26-21-32-15-16-33-26/h2-8,10-11,15-16,21,24,28H,9,12-14,17-20,22H2,1H3,(H,34,36)/t28-/m0/s1. The number of rotatable bonds is 12. The quantitative estimate of drug-likeness (QED) is 0.348. The second-order valence-corrected chi connectivity index (χ2v) is 9.99. The van der Waals surface area contributed by atoms with Gasteiger partial charge in [0, 0.05) is 50.9 Å². The van der Waals surface area contributed by atoms with Crippen molar-refractivity contribution in [2.24, 2.45) is 5.92 Å². The zero-order valence-corrected chi connectivity index (χ0v) is 22.8. The molecule has 40 heavy (non-hydrogen) atoms. The van der Waals surface area contributed by atoms with E-state index in [0.717, 1.165) is 35.4 Å². The van der Waals surface area contributed by atoms with Gasteiger partial charge in [-0.2, -0.15) is 0 Å². The van der Waals surface area contributed by atoms with E-state index in [2.05, 4.69) is 15.3 Å². The van der Waals surface area contributed by atoms with Crippen LogP contribution in [0.1, 0.15) is 42.5 Å². The van der Waals surface area contributed by atoms with Crippen LogP contribution < -0.4 is 10.1 Å². The van der Waals surface area contributed by atoms with E-state index in [1.165, 1.54) is 7.11 Å². The Morgan fingerprint density at radius 3 is 2.42 bits per heavy atom. The first-order valence-electron chi connectivity index (χ1n) is 13.7. The van der Waals surface area contributed by atoms with Crippen LogP contribution in [0.5, 0.6) is 5.75 Å². The average Bonchev–Trinajstić information content (AvgIpc) is 3.00. The molecule has 0 spiro atoms. The van der Waals surface area contributed by atoms with Crippen molar-refractivity contribution in [3.05, 3.63) is 90.0 Å². The molecule has 2 heterocycles. The maximum absolute atomic E-state index is 12.8. The fourth-order valence-electron chi connectivity index (χ4n) is 4.79. The largest absolute Gasteiger partial charge is 0.489 e. The first-order valence-corrected chi connectivity index (χ1v) is 13.7. The van der Waals surface area contributed by atoms with Crippen molar-refractivity contribution in [3.63, 3.8) is 0 Å². The predicted molar refractivity (Wildman–Crippen MR) is 149 cm³/mol. The van der Waals surface area contributed by atoms with Gasteiger partial charge in [0.25, 0.3) is 0 Å². The lowest BCUT2D eigenvalue weighted by Gasteiger charge is -2.32. The molecule has 9 nitrogen and oxygen atoms in total. The molecule has 1 aliphatic rings. The number of amides is 2. The summed E-state index contributed by atoms with van der Waals surface area (Å²) in [7, 11) is 1.32. The van der Waals surface area contributed by atoms with Crippen LogP contribution in [0.4, 0.5) is 0 Å². The molecular formula is C31H36N4O5. The molecule has 9 heteroatoms. The van der Waals surface area contributed by atoms with Crippen LogP contribution in [0.3, 0.4) is 0 Å². The highest BCUT2D eigenvalue weighted by molar-refractivity contribution is 5.84. The van der Waals surface area contributed by atoms with Gasteiger partial charge in [-0.25, -0.2) is 4.79 Å². The summed E-state index contributed by atoms with van der Waals surface area (Å²) in [6.45, 7) is 1.71. The normalized spacial score (nSPS) is 14.3. The maximum atomic E-state index is 12.8. The van der Waals surface area contributed by atoms with Gasteiger partial charge >= 0.3 is 5.97 Å². The lowest BCUT2D eigenvalue weighted by atomic mass is 9.92. The number of carbonyl (C=O) groups excluding carboxylic acids is 3. The van der Waals surface area contributed by atoms with Gasteiger partial charge in [0.15, 0.2) is 0 Å². The molecule has 1 aromatic heterocycles. The minimum absolute atomic E-state index is 0.0933. The summed E-state index contributed by atoms with van der Waals surface area (Å²) < 4.78 is 10.8. The third-order valence-corrected chi connectivity index (χ3v) is 7.09. The Morgan fingerprint density at radius 1 is 1.00 bits per heavy atom. The average molecular weight is 545 g/mol. The first-order chi connectivity index (χ1) is 19.5. The van der Waals surface area contributed by atoms with E-state index in [0.29, 0.717) is 45.4 Å². The van der Waals surface area contributed by atoms with E-state index < -0.39 is 12.0 Å². The third-order valence-electron chi connectivity index (χ3n) is 7.09. The number of hydrogen-bond donors (Lipinski definition) is 1. The number of benzene rings is 2. The Kier molecular flexibility index (Phi) is 10.6. The van der Waals surface area contributed by atoms with Crippen molar-refractivity contribution >= 4 is 17.8 Å². The van der Waals surface area contributed by atoms with E-state index >= 15 is 0 Å². The molecule has 0 saturated carbocycles. The number of ether oxygens (including phenoxy) is 2. The van der Waals surface area contributed by atoms with Crippen molar-refractivity contribution in [1.82, 2.24) is 20.2 Å². The van der Waals surface area contributed by atoms with E-state index in [1.807, 2.05) is 59.5 Å². The second kappa shape index (κ2) is 14.8. The molecular weight excluding hydrogens is 508 g/mol. The van der Waals surface area contributed by atoms with Crippen molar-refractivity contribution < 1.29 is 23.9 Å². The highest BCUT2D eigenvalue weighted by Crippen LogP contribution is 2.22. The summed E-state index contributed by atoms with van der Waals surface area (Å²) in [5.74, 6) is 0.302. The van der Waals surface area contributed by atoms with Gasteiger partial charge in [-0.3, -0.25) is 19.6 Å². The van der Waals surface area contributed by atoms with Crippen LogP contribution in [0.15, 0.2) is 73.2 Å². The van der Waals surface area contributed by atoms with Gasteiger partial charge in [-0.1, -0.05) is 42.5 Å². The third kappa shape index (κ3) is 8.90. The Bertz CT molecular complexity index is 1230. The molecule has 4 rings (SSSR count). The van der Waals surface area contributed by atoms with Crippen LogP contribution in [0.2, 0.25) is 0 Å². The fourth-order valence-corrected chi connectivity index (χ4v) is 4.79. The molecule has 0 unspecified atom stereocenters. The highest BCUT2D eigenvalue weighted by Gasteiger charge is 2.27. The fraction of sp³-hybridized carbons (Fsp3) is 0.387. The summed E-state index contributed by atoms with van der Waals surface area (Å²) in [5.41, 5.74) is 2.77. The van der Waals surface area contributed by atoms with Gasteiger partial charge in [-0.05, 0) is 48.4 Å². The number of aromatic nitrogens is 2. The smallest absolute Gasteiger partial charge is 0.328 e. The van der Waals surface area contributed by atoms with Gasteiger partial charge in [0.2, 0.25) is 11.8 Å². The summed E-state index contributed by atoms with van der Waals surface area (Å²) >= 11 is 0. The number of carbonyl (C=O) groups is 3. The number of piperidine rings is 1. The molecule has 1 saturated heterocycles. The van der Waals surface area contributed by atoms with Crippen LogP contribution in [0, 0.1) is 5.92 Å². The number of nitrogens with one attached hydrogen (secondary N) is 1. The monoisotopic (exact) mass is 544 g/mol. The molecule has 210 valence electrons. The van der Waals surface area contributed by atoms with Crippen molar-refractivity contribution in [2.75, 3.05) is 20.2 Å². The summed E-state index contributed by atoms with van der Waals surface area (Å²) in [6.07, 6.45) is 7.99. The highest BCUT2D eigenvalue weighted by atomic mass is 16.5. The van der Waals surface area contributed by atoms with Crippen LogP contribution in [-0.4, -0.2) is 58.9 Å². The minimum atomic E-state index is -0.781. The Balaban J connectivity index is 1.21. The number of hydrogen-bond acceptors (Lipinski definition) is 7. The number of esters is 1. The lowest BCUT2D eigenvalue weighted by Crippen LogP contribution is -2.44. The van der Waals surface area contributed by atoms with E-state index in [-0.39, 0.29) is 17.7 Å². The van der Waals surface area contributed by atoms with Crippen molar-refractivity contribution in [3.8, 4) is 5.75 Å². The molecule has 0 bridgehead atoms. The molecule has 2 amide bonds. The Morgan fingerprint density at radius 2 is 1.75 bits per heavy atom. The zero-order chi connectivity index (χ0) is 28.2. The molecule has 1 fully saturated rings. The van der Waals surface area contributed by atoms with Crippen LogP contribution in [-0.2, 0) is 38.6 Å². The van der Waals surface area contributed by atoms with Gasteiger partial charge in [0.05, 0.1) is 12.8 Å². The van der Waals surface area contributed by atoms with Gasteiger partial charge in [-0.15, -0.1) is 0 Å². The molecule has 0 radical (unpaired) electrons. The van der Waals surface area contributed by atoms with Crippen molar-refractivity contribution in [2.45, 2.75) is 51.2 Å². The van der Waals surface area contributed by atoms with Gasteiger partial charge in [0.1, 0.15) is 18.4 Å². The van der Waals surface area contributed by atoms with Crippen LogP contribution in [0.25, 0.3) is 0 Å². The SMILES string of the molecule is COC(=O)[C@H](Cc1ccc(OCc2ccccc2)cc1)NC(=O)CC1CCN(C(=O)CCc2cnccn2)CC1.